The number of halogens is 1. The number of alkyl halides is 1. The molecule has 0 saturated carbocycles. The first-order chi connectivity index (χ1) is 9.11. The molecule has 0 spiro atoms. The van der Waals surface area contributed by atoms with Crippen LogP contribution in [0.4, 0.5) is 5.69 Å². The van der Waals surface area contributed by atoms with Crippen LogP contribution in [0, 0.1) is 10.1 Å². The second kappa shape index (κ2) is 5.79. The van der Waals surface area contributed by atoms with Gasteiger partial charge in [-0.3, -0.25) is 14.8 Å². The summed E-state index contributed by atoms with van der Waals surface area (Å²) < 4.78 is 7.04. The third-order valence-electron chi connectivity index (χ3n) is 2.54. The quantitative estimate of drug-likeness (QED) is 0.478. The predicted octanol–water partition coefficient (Wildman–Crippen LogP) is 2.20. The first-order valence-electron chi connectivity index (χ1n) is 5.40. The molecule has 2 rings (SSSR count). The van der Waals surface area contributed by atoms with Gasteiger partial charge in [-0.1, -0.05) is 22.0 Å². The number of rotatable bonds is 5. The number of aryl methyl sites for hydroxylation is 1. The van der Waals surface area contributed by atoms with Gasteiger partial charge >= 0.3 is 5.69 Å². The highest BCUT2D eigenvalue weighted by Crippen LogP contribution is 2.29. The Labute approximate surface area is 117 Å². The number of ether oxygens (including phenoxy) is 1. The maximum atomic E-state index is 10.9. The highest BCUT2D eigenvalue weighted by atomic mass is 79.9. The Hall–Kier alpha value is -1.96. The monoisotopic (exact) mass is 326 g/mol. The molecule has 0 amide bonds. The lowest BCUT2D eigenvalue weighted by Gasteiger charge is -2.07. The van der Waals surface area contributed by atoms with E-state index in [1.165, 1.54) is 12.4 Å². The molecule has 0 bridgehead atoms. The molecule has 7 nitrogen and oxygen atoms in total. The van der Waals surface area contributed by atoms with Crippen LogP contribution in [0.1, 0.15) is 11.4 Å². The minimum Gasteiger partial charge on any atom is -0.479 e. The van der Waals surface area contributed by atoms with Crippen LogP contribution in [0.25, 0.3) is 0 Å². The summed E-state index contributed by atoms with van der Waals surface area (Å²) in [6.07, 6.45) is 1.40. The van der Waals surface area contributed by atoms with E-state index in [0.29, 0.717) is 11.2 Å². The summed E-state index contributed by atoms with van der Waals surface area (Å²) in [5.74, 6) is 0.823. The zero-order valence-electron chi connectivity index (χ0n) is 10.1. The molecule has 0 atom stereocenters. The number of benzene rings is 1. The van der Waals surface area contributed by atoms with Crippen LogP contribution in [-0.2, 0) is 19.0 Å². The minimum atomic E-state index is -0.468. The molecule has 0 fully saturated rings. The van der Waals surface area contributed by atoms with Gasteiger partial charge in [-0.2, -0.15) is 5.10 Å². The van der Waals surface area contributed by atoms with Crippen LogP contribution in [0.15, 0.2) is 24.5 Å². The molecule has 100 valence electrons. The molecular formula is C11H11BrN4O3. The van der Waals surface area contributed by atoms with Crippen LogP contribution in [0.3, 0.4) is 0 Å². The summed E-state index contributed by atoms with van der Waals surface area (Å²) in [4.78, 5) is 14.5. The Morgan fingerprint density at radius 3 is 2.89 bits per heavy atom. The van der Waals surface area contributed by atoms with Crippen molar-refractivity contribution in [2.75, 3.05) is 0 Å². The van der Waals surface area contributed by atoms with Crippen molar-refractivity contribution in [3.8, 4) is 5.75 Å². The lowest BCUT2D eigenvalue weighted by atomic mass is 10.2. The number of nitro benzene ring substituents is 1. The topological polar surface area (TPSA) is 83.1 Å². The Morgan fingerprint density at radius 2 is 2.32 bits per heavy atom. The van der Waals surface area contributed by atoms with E-state index in [0.717, 1.165) is 5.56 Å². The van der Waals surface area contributed by atoms with Gasteiger partial charge in [-0.05, 0) is 11.6 Å². The second-order valence-corrected chi connectivity index (χ2v) is 4.34. The van der Waals surface area contributed by atoms with Crippen LogP contribution in [0.2, 0.25) is 0 Å². The molecule has 0 aliphatic heterocycles. The van der Waals surface area contributed by atoms with E-state index in [2.05, 4.69) is 26.0 Å². The lowest BCUT2D eigenvalue weighted by molar-refractivity contribution is -0.386. The SMILES string of the molecule is Cn1ncnc1COc1cc(CBr)ccc1[N+](=O)[O-]. The van der Waals surface area contributed by atoms with Gasteiger partial charge in [0.25, 0.3) is 0 Å². The van der Waals surface area contributed by atoms with Crippen molar-refractivity contribution in [1.82, 2.24) is 14.8 Å². The van der Waals surface area contributed by atoms with E-state index in [4.69, 9.17) is 4.74 Å². The summed E-state index contributed by atoms with van der Waals surface area (Å²) in [6.45, 7) is 0.128. The Bertz CT molecular complexity index is 599. The summed E-state index contributed by atoms with van der Waals surface area (Å²) in [6, 6.07) is 4.76. The van der Waals surface area contributed by atoms with Gasteiger partial charge in [-0.15, -0.1) is 0 Å². The van der Waals surface area contributed by atoms with Crippen molar-refractivity contribution in [3.05, 3.63) is 46.0 Å². The van der Waals surface area contributed by atoms with Gasteiger partial charge in [0.2, 0.25) is 0 Å². The Morgan fingerprint density at radius 1 is 1.53 bits per heavy atom. The van der Waals surface area contributed by atoms with Gasteiger partial charge in [0.1, 0.15) is 12.9 Å². The minimum absolute atomic E-state index is 0.0631. The Balaban J connectivity index is 2.22. The van der Waals surface area contributed by atoms with Gasteiger partial charge in [-0.25, -0.2) is 4.98 Å². The molecule has 1 aromatic carbocycles. The summed E-state index contributed by atoms with van der Waals surface area (Å²) in [5.41, 5.74) is 0.838. The van der Waals surface area contributed by atoms with Crippen molar-refractivity contribution < 1.29 is 9.66 Å². The van der Waals surface area contributed by atoms with Crippen molar-refractivity contribution in [2.24, 2.45) is 7.05 Å². The third-order valence-corrected chi connectivity index (χ3v) is 3.18. The van der Waals surface area contributed by atoms with Gasteiger partial charge in [0.05, 0.1) is 4.92 Å². The van der Waals surface area contributed by atoms with Crippen molar-refractivity contribution in [2.45, 2.75) is 11.9 Å². The largest absolute Gasteiger partial charge is 0.479 e. The second-order valence-electron chi connectivity index (χ2n) is 3.78. The zero-order chi connectivity index (χ0) is 13.8. The van der Waals surface area contributed by atoms with Crippen molar-refractivity contribution in [1.29, 1.82) is 0 Å². The first-order valence-corrected chi connectivity index (χ1v) is 6.53. The number of nitro groups is 1. The van der Waals surface area contributed by atoms with E-state index in [1.54, 1.807) is 23.9 Å². The molecule has 0 N–H and O–H groups in total. The highest BCUT2D eigenvalue weighted by molar-refractivity contribution is 9.08. The van der Waals surface area contributed by atoms with E-state index in [-0.39, 0.29) is 18.0 Å². The summed E-state index contributed by atoms with van der Waals surface area (Å²) in [5, 5.41) is 15.4. The molecule has 1 heterocycles. The standard InChI is InChI=1S/C11H11BrN4O3/c1-15-11(13-7-14-15)6-19-10-4-8(5-12)2-3-9(10)16(17)18/h2-4,7H,5-6H2,1H3. The van der Waals surface area contributed by atoms with E-state index in [1.807, 2.05) is 0 Å². The van der Waals surface area contributed by atoms with Crippen LogP contribution in [0.5, 0.6) is 5.75 Å². The molecule has 0 radical (unpaired) electrons. The average Bonchev–Trinajstić information content (AvgIpc) is 2.81. The van der Waals surface area contributed by atoms with Gasteiger partial charge in [0, 0.05) is 18.4 Å². The highest BCUT2D eigenvalue weighted by Gasteiger charge is 2.16. The molecule has 8 heteroatoms. The Kier molecular flexibility index (Phi) is 4.10. The molecule has 0 unspecified atom stereocenters. The molecular weight excluding hydrogens is 316 g/mol. The van der Waals surface area contributed by atoms with Crippen LogP contribution >= 0.6 is 15.9 Å². The molecule has 2 aromatic rings. The zero-order valence-corrected chi connectivity index (χ0v) is 11.7. The predicted molar refractivity (Wildman–Crippen MR) is 71.1 cm³/mol. The average molecular weight is 327 g/mol. The molecule has 19 heavy (non-hydrogen) atoms. The number of hydrogen-bond donors (Lipinski definition) is 0. The van der Waals surface area contributed by atoms with Crippen molar-refractivity contribution in [3.63, 3.8) is 0 Å². The summed E-state index contributed by atoms with van der Waals surface area (Å²) in [7, 11) is 1.73. The lowest BCUT2D eigenvalue weighted by Crippen LogP contribution is -2.05. The number of nitrogens with zero attached hydrogens (tertiary/aromatic N) is 4. The third kappa shape index (κ3) is 3.08. The van der Waals surface area contributed by atoms with E-state index >= 15 is 0 Å². The molecule has 0 aliphatic carbocycles. The normalized spacial score (nSPS) is 10.4. The summed E-state index contributed by atoms with van der Waals surface area (Å²) >= 11 is 3.30. The van der Waals surface area contributed by atoms with Gasteiger partial charge in [0.15, 0.2) is 11.6 Å². The maximum Gasteiger partial charge on any atom is 0.310 e. The van der Waals surface area contributed by atoms with E-state index in [9.17, 15) is 10.1 Å². The van der Waals surface area contributed by atoms with Crippen LogP contribution in [-0.4, -0.2) is 19.7 Å². The molecule has 1 aromatic heterocycles. The van der Waals surface area contributed by atoms with Crippen LogP contribution < -0.4 is 4.74 Å². The first kappa shape index (κ1) is 13.5. The maximum absolute atomic E-state index is 10.9. The molecule has 0 aliphatic rings. The fourth-order valence-electron chi connectivity index (χ4n) is 1.50. The van der Waals surface area contributed by atoms with Crippen molar-refractivity contribution >= 4 is 21.6 Å². The van der Waals surface area contributed by atoms with E-state index < -0.39 is 4.92 Å². The number of aromatic nitrogens is 3. The molecule has 0 saturated heterocycles. The van der Waals surface area contributed by atoms with Gasteiger partial charge < -0.3 is 4.74 Å². The smallest absolute Gasteiger partial charge is 0.310 e. The fourth-order valence-corrected chi connectivity index (χ4v) is 1.85. The number of hydrogen-bond acceptors (Lipinski definition) is 5. The fraction of sp³-hybridized carbons (Fsp3) is 0.273.